The van der Waals surface area contributed by atoms with Gasteiger partial charge in [-0.2, -0.15) is 0 Å². The van der Waals surface area contributed by atoms with E-state index in [9.17, 15) is 0 Å². The Kier molecular flexibility index (Phi) is 5.06. The molecular weight excluding hydrogens is 250 g/mol. The molecule has 2 rings (SSSR count). The molecule has 100 valence electrons. The molecule has 2 aromatic carbocycles. The number of aryl methyl sites for hydroxylation is 1. The zero-order valence-corrected chi connectivity index (χ0v) is 12.4. The summed E-state index contributed by atoms with van der Waals surface area (Å²) in [7, 11) is 0. The molecule has 0 aliphatic carbocycles. The summed E-state index contributed by atoms with van der Waals surface area (Å²) in [6.07, 6.45) is 0.974. The van der Waals surface area contributed by atoms with E-state index in [1.807, 2.05) is 11.8 Å². The van der Waals surface area contributed by atoms with Gasteiger partial charge in [0.2, 0.25) is 0 Å². The Morgan fingerprint density at radius 2 is 1.74 bits per heavy atom. The van der Waals surface area contributed by atoms with Crippen molar-refractivity contribution < 1.29 is 0 Å². The van der Waals surface area contributed by atoms with Crippen LogP contribution in [0.4, 0.5) is 0 Å². The van der Waals surface area contributed by atoms with E-state index in [1.54, 1.807) is 0 Å². The fourth-order valence-electron chi connectivity index (χ4n) is 2.07. The van der Waals surface area contributed by atoms with E-state index >= 15 is 0 Å². The Morgan fingerprint density at radius 1 is 1.05 bits per heavy atom. The fourth-order valence-corrected chi connectivity index (χ4v) is 3.26. The van der Waals surface area contributed by atoms with Gasteiger partial charge in [-0.15, -0.1) is 11.8 Å². The highest BCUT2D eigenvalue weighted by atomic mass is 32.2. The predicted molar refractivity (Wildman–Crippen MR) is 84.4 cm³/mol. The highest BCUT2D eigenvalue weighted by molar-refractivity contribution is 7.98. The zero-order chi connectivity index (χ0) is 13.7. The van der Waals surface area contributed by atoms with Crippen molar-refractivity contribution in [3.8, 4) is 0 Å². The maximum atomic E-state index is 6.18. The van der Waals surface area contributed by atoms with Crippen LogP contribution in [0.1, 0.15) is 36.1 Å². The largest absolute Gasteiger partial charge is 0.324 e. The second kappa shape index (κ2) is 6.78. The van der Waals surface area contributed by atoms with Gasteiger partial charge in [0.25, 0.3) is 0 Å². The monoisotopic (exact) mass is 271 g/mol. The average molecular weight is 271 g/mol. The fraction of sp³-hybridized carbons (Fsp3) is 0.294. The highest BCUT2D eigenvalue weighted by Gasteiger charge is 2.09. The summed E-state index contributed by atoms with van der Waals surface area (Å²) >= 11 is 1.88. The molecule has 0 aromatic heterocycles. The van der Waals surface area contributed by atoms with Crippen LogP contribution >= 0.6 is 11.8 Å². The lowest BCUT2D eigenvalue weighted by atomic mass is 10.1. The first-order valence-corrected chi connectivity index (χ1v) is 7.72. The molecule has 2 heteroatoms. The van der Waals surface area contributed by atoms with E-state index in [2.05, 4.69) is 62.4 Å². The molecule has 1 nitrogen and oxygen atoms in total. The minimum atomic E-state index is 0.139. The van der Waals surface area contributed by atoms with Crippen molar-refractivity contribution in [1.82, 2.24) is 0 Å². The third kappa shape index (κ3) is 3.62. The number of nitrogens with two attached hydrogens (primary N) is 1. The third-order valence-electron chi connectivity index (χ3n) is 3.40. The maximum absolute atomic E-state index is 6.18. The first-order chi connectivity index (χ1) is 9.22. The van der Waals surface area contributed by atoms with Crippen LogP contribution in [0.3, 0.4) is 0 Å². The summed E-state index contributed by atoms with van der Waals surface area (Å²) in [6.45, 7) is 4.30. The molecule has 0 heterocycles. The number of rotatable bonds is 5. The molecule has 0 aliphatic rings. The van der Waals surface area contributed by atoms with E-state index in [4.69, 9.17) is 5.73 Å². The van der Waals surface area contributed by atoms with Crippen LogP contribution in [0.5, 0.6) is 0 Å². The molecule has 2 aromatic rings. The number of thioether (sulfide) groups is 1. The molecule has 0 bridgehead atoms. The van der Waals surface area contributed by atoms with Gasteiger partial charge in [-0.05, 0) is 36.1 Å². The molecule has 0 aliphatic heterocycles. The molecule has 0 saturated carbocycles. The normalized spacial score (nSPS) is 12.4. The van der Waals surface area contributed by atoms with Gasteiger partial charge in [-0.3, -0.25) is 0 Å². The van der Waals surface area contributed by atoms with Crippen molar-refractivity contribution in [3.05, 3.63) is 65.2 Å². The Morgan fingerprint density at radius 3 is 2.47 bits per heavy atom. The van der Waals surface area contributed by atoms with Gasteiger partial charge in [0.05, 0.1) is 0 Å². The lowest BCUT2D eigenvalue weighted by Gasteiger charge is -2.14. The molecular formula is C17H21NS. The van der Waals surface area contributed by atoms with Crippen molar-refractivity contribution in [2.75, 3.05) is 0 Å². The van der Waals surface area contributed by atoms with Crippen molar-refractivity contribution in [3.63, 3.8) is 0 Å². The first-order valence-electron chi connectivity index (χ1n) is 6.74. The lowest BCUT2D eigenvalue weighted by Crippen LogP contribution is -2.09. The topological polar surface area (TPSA) is 26.0 Å². The Hall–Kier alpha value is -1.25. The number of hydrogen-bond acceptors (Lipinski definition) is 2. The predicted octanol–water partition coefficient (Wildman–Crippen LogP) is 4.70. The first kappa shape index (κ1) is 14.2. The Labute approximate surface area is 120 Å². The molecule has 1 unspecified atom stereocenters. The van der Waals surface area contributed by atoms with E-state index < -0.39 is 0 Å². The summed E-state index contributed by atoms with van der Waals surface area (Å²) in [4.78, 5) is 1.31. The van der Waals surface area contributed by atoms with Crippen LogP contribution in [-0.2, 0) is 5.75 Å². The van der Waals surface area contributed by atoms with Gasteiger partial charge in [-0.25, -0.2) is 0 Å². The summed E-state index contributed by atoms with van der Waals surface area (Å²) < 4.78 is 0. The van der Waals surface area contributed by atoms with Crippen molar-refractivity contribution >= 4 is 11.8 Å². The number of hydrogen-bond donors (Lipinski definition) is 1. The molecule has 1 atom stereocenters. The van der Waals surface area contributed by atoms with E-state index in [0.29, 0.717) is 0 Å². The van der Waals surface area contributed by atoms with Crippen molar-refractivity contribution in [2.24, 2.45) is 5.73 Å². The van der Waals surface area contributed by atoms with Crippen LogP contribution in [0.2, 0.25) is 0 Å². The summed E-state index contributed by atoms with van der Waals surface area (Å²) in [5.74, 6) is 1.00. The quantitative estimate of drug-likeness (QED) is 0.798. The summed E-state index contributed by atoms with van der Waals surface area (Å²) in [6, 6.07) is 17.2. The molecule has 2 N–H and O–H groups in total. The van der Waals surface area contributed by atoms with Gasteiger partial charge < -0.3 is 5.73 Å². The molecule has 0 amide bonds. The summed E-state index contributed by atoms with van der Waals surface area (Å²) in [5.41, 5.74) is 10.2. The molecule has 0 spiro atoms. The van der Waals surface area contributed by atoms with Crippen molar-refractivity contribution in [2.45, 2.75) is 37.0 Å². The Balaban J connectivity index is 2.14. The van der Waals surface area contributed by atoms with Gasteiger partial charge in [0.1, 0.15) is 0 Å². The zero-order valence-electron chi connectivity index (χ0n) is 11.6. The van der Waals surface area contributed by atoms with Crippen molar-refractivity contribution in [1.29, 1.82) is 0 Å². The molecule has 19 heavy (non-hydrogen) atoms. The SMILES string of the molecule is CCC(N)c1ccccc1SCc1ccccc1C. The minimum Gasteiger partial charge on any atom is -0.324 e. The molecule has 0 radical (unpaired) electrons. The second-order valence-corrected chi connectivity index (χ2v) is 5.78. The highest BCUT2D eigenvalue weighted by Crippen LogP contribution is 2.30. The van der Waals surface area contributed by atoms with E-state index in [-0.39, 0.29) is 6.04 Å². The summed E-state index contributed by atoms with van der Waals surface area (Å²) in [5, 5.41) is 0. The van der Waals surface area contributed by atoms with E-state index in [0.717, 1.165) is 12.2 Å². The Bertz CT molecular complexity index is 536. The van der Waals surface area contributed by atoms with Crippen LogP contribution in [0.15, 0.2) is 53.4 Å². The van der Waals surface area contributed by atoms with Gasteiger partial charge >= 0.3 is 0 Å². The van der Waals surface area contributed by atoms with Crippen LogP contribution < -0.4 is 5.73 Å². The van der Waals surface area contributed by atoms with E-state index in [1.165, 1.54) is 21.6 Å². The molecule has 0 fully saturated rings. The smallest absolute Gasteiger partial charge is 0.0303 e. The lowest BCUT2D eigenvalue weighted by molar-refractivity contribution is 0.685. The van der Waals surface area contributed by atoms with Gasteiger partial charge in [-0.1, -0.05) is 49.4 Å². The second-order valence-electron chi connectivity index (χ2n) is 4.77. The molecule has 0 saturated heterocycles. The van der Waals surface area contributed by atoms with Crippen LogP contribution in [0, 0.1) is 6.92 Å². The standard InChI is InChI=1S/C17H21NS/c1-3-16(18)15-10-6-7-11-17(15)19-12-14-9-5-4-8-13(14)2/h4-11,16H,3,12,18H2,1-2H3. The van der Waals surface area contributed by atoms with Crippen LogP contribution in [-0.4, -0.2) is 0 Å². The minimum absolute atomic E-state index is 0.139. The third-order valence-corrected chi connectivity index (χ3v) is 4.54. The van der Waals surface area contributed by atoms with Gasteiger partial charge in [0.15, 0.2) is 0 Å². The number of benzene rings is 2. The average Bonchev–Trinajstić information content (AvgIpc) is 2.46. The van der Waals surface area contributed by atoms with Crippen LogP contribution in [0.25, 0.3) is 0 Å². The van der Waals surface area contributed by atoms with Gasteiger partial charge in [0, 0.05) is 16.7 Å². The maximum Gasteiger partial charge on any atom is 0.0303 e.